The molecule has 0 radical (unpaired) electrons. The van der Waals surface area contributed by atoms with Crippen LogP contribution in [0.5, 0.6) is 0 Å². The van der Waals surface area contributed by atoms with E-state index >= 15 is 0 Å². The zero-order valence-corrected chi connectivity index (χ0v) is 12.4. The Hall–Kier alpha value is -1.55. The molecule has 0 fully saturated rings. The summed E-state index contributed by atoms with van der Waals surface area (Å²) in [5, 5.41) is 0. The highest BCUT2D eigenvalue weighted by molar-refractivity contribution is 5.94. The number of carbonyl (C=O) groups is 1. The van der Waals surface area contributed by atoms with Crippen molar-refractivity contribution >= 4 is 11.6 Å². The fourth-order valence-corrected chi connectivity index (χ4v) is 1.92. The largest absolute Gasteiger partial charge is 0.378 e. The number of nitrogens with two attached hydrogens (primary N) is 1. The number of amides is 1. The second kappa shape index (κ2) is 7.14. The number of hydrogen-bond donors (Lipinski definition) is 1. The summed E-state index contributed by atoms with van der Waals surface area (Å²) in [4.78, 5) is 16.3. The number of nitrogens with zero attached hydrogens (tertiary/aromatic N) is 2. The zero-order chi connectivity index (χ0) is 14.4. The lowest BCUT2D eigenvalue weighted by Crippen LogP contribution is -2.38. The Bertz CT molecular complexity index is 398. The molecule has 1 aromatic rings. The normalized spacial score (nSPS) is 10.6. The van der Waals surface area contributed by atoms with Crippen molar-refractivity contribution in [3.05, 3.63) is 29.8 Å². The van der Waals surface area contributed by atoms with Crippen molar-refractivity contribution in [3.63, 3.8) is 0 Å². The van der Waals surface area contributed by atoms with Gasteiger partial charge in [-0.2, -0.15) is 0 Å². The van der Waals surface area contributed by atoms with Crippen molar-refractivity contribution in [2.24, 2.45) is 5.73 Å². The van der Waals surface area contributed by atoms with Crippen molar-refractivity contribution in [1.29, 1.82) is 0 Å². The summed E-state index contributed by atoms with van der Waals surface area (Å²) in [5.41, 5.74) is 7.35. The van der Waals surface area contributed by atoms with Gasteiger partial charge in [0.2, 0.25) is 0 Å². The average molecular weight is 263 g/mol. The van der Waals surface area contributed by atoms with Gasteiger partial charge in [0.1, 0.15) is 0 Å². The summed E-state index contributed by atoms with van der Waals surface area (Å²) >= 11 is 0. The van der Waals surface area contributed by atoms with E-state index in [0.29, 0.717) is 13.1 Å². The van der Waals surface area contributed by atoms with E-state index in [2.05, 4.69) is 0 Å². The van der Waals surface area contributed by atoms with Gasteiger partial charge >= 0.3 is 0 Å². The fourth-order valence-electron chi connectivity index (χ4n) is 1.92. The Labute approximate surface area is 116 Å². The predicted molar refractivity (Wildman–Crippen MR) is 80.6 cm³/mol. The van der Waals surface area contributed by atoms with Crippen molar-refractivity contribution in [1.82, 2.24) is 4.90 Å². The minimum Gasteiger partial charge on any atom is -0.378 e. The second-order valence-electron chi connectivity index (χ2n) is 5.18. The Morgan fingerprint density at radius 1 is 1.21 bits per heavy atom. The van der Waals surface area contributed by atoms with Crippen LogP contribution in [0.4, 0.5) is 5.69 Å². The van der Waals surface area contributed by atoms with E-state index in [1.54, 1.807) is 0 Å². The molecule has 0 saturated carbocycles. The topological polar surface area (TPSA) is 49.6 Å². The average Bonchev–Trinajstić information content (AvgIpc) is 2.38. The van der Waals surface area contributed by atoms with Crippen LogP contribution in [-0.2, 0) is 0 Å². The molecule has 0 unspecified atom stereocenters. The standard InChI is InChI=1S/C15H25N3O/c1-12(2)18(11-5-10-16)15(19)13-6-8-14(9-7-13)17(3)4/h6-9,12H,5,10-11,16H2,1-4H3. The summed E-state index contributed by atoms with van der Waals surface area (Å²) < 4.78 is 0. The van der Waals surface area contributed by atoms with Gasteiger partial charge in [0.15, 0.2) is 0 Å². The lowest BCUT2D eigenvalue weighted by atomic mass is 10.1. The van der Waals surface area contributed by atoms with Gasteiger partial charge in [-0.25, -0.2) is 0 Å². The first-order chi connectivity index (χ1) is 8.97. The maximum absolute atomic E-state index is 12.4. The quantitative estimate of drug-likeness (QED) is 0.853. The molecule has 0 aromatic heterocycles. The van der Waals surface area contributed by atoms with Crippen molar-refractivity contribution < 1.29 is 4.79 Å². The van der Waals surface area contributed by atoms with Crippen LogP contribution in [0.3, 0.4) is 0 Å². The minimum atomic E-state index is 0.0776. The van der Waals surface area contributed by atoms with Gasteiger partial charge in [-0.15, -0.1) is 0 Å². The lowest BCUT2D eigenvalue weighted by molar-refractivity contribution is 0.0705. The van der Waals surface area contributed by atoms with Gasteiger partial charge in [-0.05, 0) is 51.1 Å². The summed E-state index contributed by atoms with van der Waals surface area (Å²) in [6, 6.07) is 7.89. The summed E-state index contributed by atoms with van der Waals surface area (Å²) in [5.74, 6) is 0.0776. The van der Waals surface area contributed by atoms with Crippen LogP contribution in [0, 0.1) is 0 Å². The molecule has 0 heterocycles. The molecule has 1 amide bonds. The number of carbonyl (C=O) groups excluding carboxylic acids is 1. The van der Waals surface area contributed by atoms with Gasteiger partial charge in [0.25, 0.3) is 5.91 Å². The smallest absolute Gasteiger partial charge is 0.254 e. The third-order valence-electron chi connectivity index (χ3n) is 3.12. The summed E-state index contributed by atoms with van der Waals surface area (Å²) in [6.07, 6.45) is 0.833. The fraction of sp³-hybridized carbons (Fsp3) is 0.533. The molecular weight excluding hydrogens is 238 g/mol. The van der Waals surface area contributed by atoms with Crippen LogP contribution in [0.15, 0.2) is 24.3 Å². The number of benzene rings is 1. The maximum Gasteiger partial charge on any atom is 0.254 e. The van der Waals surface area contributed by atoms with E-state index in [0.717, 1.165) is 17.7 Å². The molecule has 19 heavy (non-hydrogen) atoms. The van der Waals surface area contributed by atoms with Crippen molar-refractivity contribution in [2.45, 2.75) is 26.3 Å². The number of anilines is 1. The lowest BCUT2D eigenvalue weighted by Gasteiger charge is -2.27. The van der Waals surface area contributed by atoms with Crippen molar-refractivity contribution in [2.75, 3.05) is 32.1 Å². The van der Waals surface area contributed by atoms with Crippen LogP contribution in [-0.4, -0.2) is 44.0 Å². The zero-order valence-electron chi connectivity index (χ0n) is 12.4. The van der Waals surface area contributed by atoms with E-state index in [1.807, 2.05) is 62.0 Å². The molecule has 0 saturated heterocycles. The molecule has 4 nitrogen and oxygen atoms in total. The third kappa shape index (κ3) is 4.24. The molecule has 0 atom stereocenters. The van der Waals surface area contributed by atoms with Crippen LogP contribution < -0.4 is 10.6 Å². The third-order valence-corrected chi connectivity index (χ3v) is 3.12. The molecule has 1 aromatic carbocycles. The van der Waals surface area contributed by atoms with Crippen LogP contribution in [0.25, 0.3) is 0 Å². The van der Waals surface area contributed by atoms with Gasteiger partial charge in [-0.3, -0.25) is 4.79 Å². The Morgan fingerprint density at radius 3 is 2.21 bits per heavy atom. The number of hydrogen-bond acceptors (Lipinski definition) is 3. The van der Waals surface area contributed by atoms with Gasteiger partial charge in [0.05, 0.1) is 0 Å². The minimum absolute atomic E-state index is 0.0776. The van der Waals surface area contributed by atoms with E-state index in [-0.39, 0.29) is 11.9 Å². The Kier molecular flexibility index (Phi) is 5.83. The van der Waals surface area contributed by atoms with Crippen LogP contribution >= 0.6 is 0 Å². The highest BCUT2D eigenvalue weighted by atomic mass is 16.2. The first-order valence-corrected chi connectivity index (χ1v) is 6.75. The molecule has 106 valence electrons. The van der Waals surface area contributed by atoms with Gasteiger partial charge in [0, 0.05) is 37.9 Å². The number of rotatable bonds is 6. The van der Waals surface area contributed by atoms with Crippen LogP contribution in [0.2, 0.25) is 0 Å². The van der Waals surface area contributed by atoms with Crippen molar-refractivity contribution in [3.8, 4) is 0 Å². The molecule has 4 heteroatoms. The van der Waals surface area contributed by atoms with E-state index in [4.69, 9.17) is 5.73 Å². The van der Waals surface area contributed by atoms with Gasteiger partial charge in [-0.1, -0.05) is 0 Å². The second-order valence-corrected chi connectivity index (χ2v) is 5.18. The Morgan fingerprint density at radius 2 is 1.79 bits per heavy atom. The van der Waals surface area contributed by atoms with E-state index in [1.165, 1.54) is 0 Å². The van der Waals surface area contributed by atoms with Crippen LogP contribution in [0.1, 0.15) is 30.6 Å². The molecule has 0 aliphatic carbocycles. The molecule has 0 aliphatic rings. The molecule has 1 rings (SSSR count). The van der Waals surface area contributed by atoms with Gasteiger partial charge < -0.3 is 15.5 Å². The molecule has 0 bridgehead atoms. The highest BCUT2D eigenvalue weighted by Crippen LogP contribution is 2.15. The SMILES string of the molecule is CC(C)N(CCCN)C(=O)c1ccc(N(C)C)cc1. The molecule has 2 N–H and O–H groups in total. The monoisotopic (exact) mass is 263 g/mol. The molecule has 0 aliphatic heterocycles. The molecular formula is C15H25N3O. The predicted octanol–water partition coefficient (Wildman–Crippen LogP) is 1.95. The first-order valence-electron chi connectivity index (χ1n) is 6.75. The highest BCUT2D eigenvalue weighted by Gasteiger charge is 2.18. The maximum atomic E-state index is 12.4. The molecule has 0 spiro atoms. The van der Waals surface area contributed by atoms with E-state index < -0.39 is 0 Å². The summed E-state index contributed by atoms with van der Waals surface area (Å²) in [6.45, 7) is 5.38. The summed E-state index contributed by atoms with van der Waals surface area (Å²) in [7, 11) is 3.97. The Balaban J connectivity index is 2.84. The first kappa shape index (κ1) is 15.5. The van der Waals surface area contributed by atoms with E-state index in [9.17, 15) is 4.79 Å².